The Morgan fingerprint density at radius 1 is 1.14 bits per heavy atom. The summed E-state index contributed by atoms with van der Waals surface area (Å²) in [4.78, 5) is 0. The zero-order chi connectivity index (χ0) is 14.5. The Morgan fingerprint density at radius 3 is 2.86 bits per heavy atom. The molecule has 2 aromatic carbocycles. The van der Waals surface area contributed by atoms with Crippen molar-refractivity contribution in [3.8, 4) is 11.5 Å². The van der Waals surface area contributed by atoms with Crippen LogP contribution < -0.4 is 10.1 Å². The van der Waals surface area contributed by atoms with Crippen LogP contribution >= 0.6 is 0 Å². The molecule has 21 heavy (non-hydrogen) atoms. The Hall–Kier alpha value is -2.00. The highest BCUT2D eigenvalue weighted by Gasteiger charge is 2.19. The minimum Gasteiger partial charge on any atom is -0.508 e. The normalized spacial score (nSPS) is 17.0. The van der Waals surface area contributed by atoms with Gasteiger partial charge in [0.25, 0.3) is 0 Å². The molecule has 0 bridgehead atoms. The lowest BCUT2D eigenvalue weighted by Gasteiger charge is -2.26. The van der Waals surface area contributed by atoms with E-state index in [-0.39, 0.29) is 11.9 Å². The van der Waals surface area contributed by atoms with Gasteiger partial charge in [-0.2, -0.15) is 0 Å². The Bertz CT molecular complexity index is 583. The largest absolute Gasteiger partial charge is 0.508 e. The third-order valence-electron chi connectivity index (χ3n) is 3.89. The highest BCUT2D eigenvalue weighted by Crippen LogP contribution is 2.30. The van der Waals surface area contributed by atoms with E-state index in [2.05, 4.69) is 29.6 Å². The molecule has 1 atom stereocenters. The summed E-state index contributed by atoms with van der Waals surface area (Å²) in [6.45, 7) is 1.80. The van der Waals surface area contributed by atoms with Crippen molar-refractivity contribution in [2.75, 3.05) is 13.1 Å². The van der Waals surface area contributed by atoms with Crippen molar-refractivity contribution in [1.29, 1.82) is 0 Å². The van der Waals surface area contributed by atoms with E-state index in [1.54, 1.807) is 12.1 Å². The number of hydrogen-bond donors (Lipinski definition) is 2. The van der Waals surface area contributed by atoms with Crippen molar-refractivity contribution in [2.24, 2.45) is 0 Å². The Kier molecular flexibility index (Phi) is 4.41. The second-order valence-electron chi connectivity index (χ2n) is 5.51. The second-order valence-corrected chi connectivity index (χ2v) is 5.51. The molecular weight excluding hydrogens is 262 g/mol. The lowest BCUT2D eigenvalue weighted by molar-refractivity contribution is 0.170. The van der Waals surface area contributed by atoms with Gasteiger partial charge in [0.1, 0.15) is 17.6 Å². The number of benzene rings is 2. The summed E-state index contributed by atoms with van der Waals surface area (Å²) >= 11 is 0. The average Bonchev–Trinajstić information content (AvgIpc) is 2.52. The summed E-state index contributed by atoms with van der Waals surface area (Å²) in [6.07, 6.45) is 3.26. The van der Waals surface area contributed by atoms with E-state index in [1.807, 2.05) is 12.1 Å². The second kappa shape index (κ2) is 6.64. The molecule has 0 fully saturated rings. The van der Waals surface area contributed by atoms with E-state index in [0.29, 0.717) is 0 Å². The monoisotopic (exact) mass is 283 g/mol. The van der Waals surface area contributed by atoms with Gasteiger partial charge in [0.2, 0.25) is 0 Å². The van der Waals surface area contributed by atoms with E-state index < -0.39 is 0 Å². The molecule has 3 nitrogen and oxygen atoms in total. The zero-order valence-corrected chi connectivity index (χ0v) is 12.1. The van der Waals surface area contributed by atoms with Crippen LogP contribution in [0.4, 0.5) is 0 Å². The first-order chi connectivity index (χ1) is 10.3. The first kappa shape index (κ1) is 14.0. The van der Waals surface area contributed by atoms with Gasteiger partial charge in [0, 0.05) is 12.6 Å². The Labute approximate surface area is 125 Å². The van der Waals surface area contributed by atoms with Crippen LogP contribution in [0, 0.1) is 0 Å². The third kappa shape index (κ3) is 3.76. The third-order valence-corrected chi connectivity index (χ3v) is 3.89. The number of fused-ring (bicyclic) bond motifs is 1. The maximum atomic E-state index is 9.52. The van der Waals surface area contributed by atoms with Crippen LogP contribution in [0.3, 0.4) is 0 Å². The van der Waals surface area contributed by atoms with Gasteiger partial charge in [0.15, 0.2) is 0 Å². The minimum absolute atomic E-state index is 0.190. The Balaban J connectivity index is 1.45. The maximum Gasteiger partial charge on any atom is 0.126 e. The quantitative estimate of drug-likeness (QED) is 0.829. The van der Waals surface area contributed by atoms with Crippen molar-refractivity contribution in [1.82, 2.24) is 5.32 Å². The molecule has 3 rings (SSSR count). The highest BCUT2D eigenvalue weighted by molar-refractivity contribution is 5.41. The van der Waals surface area contributed by atoms with Gasteiger partial charge in [-0.1, -0.05) is 36.4 Å². The molecule has 0 unspecified atom stereocenters. The van der Waals surface area contributed by atoms with Gasteiger partial charge in [-0.05, 0) is 43.0 Å². The van der Waals surface area contributed by atoms with Gasteiger partial charge in [0.05, 0.1) is 0 Å². The van der Waals surface area contributed by atoms with Gasteiger partial charge < -0.3 is 15.2 Å². The molecule has 2 aromatic rings. The summed E-state index contributed by atoms with van der Waals surface area (Å²) in [7, 11) is 0. The number of ether oxygens (including phenoxy) is 1. The standard InChI is InChI=1S/C18H21NO2/c20-16-8-6-15-7-9-17(21-18(15)12-16)13-19-11-10-14-4-2-1-3-5-14/h1-6,8,12,17,19-20H,7,9-11,13H2/t17-/m0/s1. The molecule has 1 heterocycles. The minimum atomic E-state index is 0.190. The molecule has 0 aliphatic carbocycles. The smallest absolute Gasteiger partial charge is 0.126 e. The highest BCUT2D eigenvalue weighted by atomic mass is 16.5. The molecule has 0 amide bonds. The van der Waals surface area contributed by atoms with Gasteiger partial charge >= 0.3 is 0 Å². The number of phenolic OH excluding ortho intramolecular Hbond substituents is 1. The summed E-state index contributed by atoms with van der Waals surface area (Å²) in [5.41, 5.74) is 2.54. The topological polar surface area (TPSA) is 41.5 Å². The number of rotatable bonds is 5. The molecule has 3 heteroatoms. The van der Waals surface area contributed by atoms with Gasteiger partial charge in [-0.25, -0.2) is 0 Å². The Morgan fingerprint density at radius 2 is 2.00 bits per heavy atom. The van der Waals surface area contributed by atoms with Crippen LogP contribution in [0.25, 0.3) is 0 Å². The predicted molar refractivity (Wildman–Crippen MR) is 83.9 cm³/mol. The summed E-state index contributed by atoms with van der Waals surface area (Å²) < 4.78 is 5.94. The van der Waals surface area contributed by atoms with E-state index in [0.717, 1.165) is 38.1 Å². The van der Waals surface area contributed by atoms with E-state index in [9.17, 15) is 5.11 Å². The van der Waals surface area contributed by atoms with Crippen molar-refractivity contribution in [3.05, 3.63) is 59.7 Å². The SMILES string of the molecule is Oc1ccc2c(c1)O[C@H](CNCCc1ccccc1)CC2. The average molecular weight is 283 g/mol. The summed E-state index contributed by atoms with van der Waals surface area (Å²) in [6, 6.07) is 15.9. The van der Waals surface area contributed by atoms with Crippen LogP contribution in [0.5, 0.6) is 11.5 Å². The van der Waals surface area contributed by atoms with Crippen LogP contribution in [0.15, 0.2) is 48.5 Å². The number of phenols is 1. The van der Waals surface area contributed by atoms with Crippen molar-refractivity contribution < 1.29 is 9.84 Å². The molecular formula is C18H21NO2. The van der Waals surface area contributed by atoms with Crippen LogP contribution in [-0.4, -0.2) is 24.3 Å². The van der Waals surface area contributed by atoms with Crippen molar-refractivity contribution in [2.45, 2.75) is 25.4 Å². The lowest BCUT2D eigenvalue weighted by atomic mass is 10.0. The lowest BCUT2D eigenvalue weighted by Crippen LogP contribution is -2.35. The molecule has 2 N–H and O–H groups in total. The molecule has 0 aromatic heterocycles. The molecule has 0 radical (unpaired) electrons. The van der Waals surface area contributed by atoms with E-state index >= 15 is 0 Å². The summed E-state index contributed by atoms with van der Waals surface area (Å²) in [5, 5.41) is 13.0. The van der Waals surface area contributed by atoms with Crippen LogP contribution in [-0.2, 0) is 12.8 Å². The first-order valence-electron chi connectivity index (χ1n) is 7.54. The van der Waals surface area contributed by atoms with Crippen molar-refractivity contribution in [3.63, 3.8) is 0 Å². The molecule has 0 spiro atoms. The fourth-order valence-electron chi connectivity index (χ4n) is 2.70. The fraction of sp³-hybridized carbons (Fsp3) is 0.333. The summed E-state index contributed by atoms with van der Waals surface area (Å²) in [5.74, 6) is 1.10. The number of nitrogens with one attached hydrogen (secondary N) is 1. The molecule has 110 valence electrons. The van der Waals surface area contributed by atoms with Crippen molar-refractivity contribution >= 4 is 0 Å². The molecule has 1 aliphatic rings. The molecule has 1 aliphatic heterocycles. The fourth-order valence-corrected chi connectivity index (χ4v) is 2.70. The maximum absolute atomic E-state index is 9.52. The number of aryl methyl sites for hydroxylation is 1. The van der Waals surface area contributed by atoms with Gasteiger partial charge in [-0.3, -0.25) is 0 Å². The van der Waals surface area contributed by atoms with Crippen LogP contribution in [0.2, 0.25) is 0 Å². The molecule has 0 saturated carbocycles. The zero-order valence-electron chi connectivity index (χ0n) is 12.1. The van der Waals surface area contributed by atoms with E-state index in [4.69, 9.17) is 4.74 Å². The molecule has 0 saturated heterocycles. The predicted octanol–water partition coefficient (Wildman–Crippen LogP) is 2.92. The van der Waals surface area contributed by atoms with Crippen LogP contribution in [0.1, 0.15) is 17.5 Å². The number of aromatic hydroxyl groups is 1. The first-order valence-corrected chi connectivity index (χ1v) is 7.54. The van der Waals surface area contributed by atoms with E-state index in [1.165, 1.54) is 11.1 Å². The van der Waals surface area contributed by atoms with Gasteiger partial charge in [-0.15, -0.1) is 0 Å². The number of hydrogen-bond acceptors (Lipinski definition) is 3.